The molecule has 0 aliphatic carbocycles. The van der Waals surface area contributed by atoms with Gasteiger partial charge in [0.25, 0.3) is 0 Å². The first-order chi connectivity index (χ1) is 12.5. The highest BCUT2D eigenvalue weighted by molar-refractivity contribution is 5.76. The minimum atomic E-state index is 0.200. The van der Waals surface area contributed by atoms with Gasteiger partial charge in [-0.05, 0) is 24.0 Å². The maximum Gasteiger partial charge on any atom is 0.222 e. The Morgan fingerprint density at radius 3 is 2.19 bits per heavy atom. The maximum atomic E-state index is 12.6. The van der Waals surface area contributed by atoms with E-state index in [0.29, 0.717) is 36.0 Å². The van der Waals surface area contributed by atoms with E-state index >= 15 is 0 Å². The monoisotopic (exact) mass is 364 g/mol. The molecule has 1 aromatic rings. The lowest BCUT2D eigenvalue weighted by atomic mass is 10.1. The SMILES string of the molecule is COc1ccc(CCC(=O)N2CCN(CC(C)C)CC2)c(OC)c1OC. The lowest BCUT2D eigenvalue weighted by Crippen LogP contribution is -2.49. The molecule has 146 valence electrons. The zero-order chi connectivity index (χ0) is 19.1. The summed E-state index contributed by atoms with van der Waals surface area (Å²) in [5.74, 6) is 2.70. The Hall–Kier alpha value is -1.95. The quantitative estimate of drug-likeness (QED) is 0.709. The highest BCUT2D eigenvalue weighted by Gasteiger charge is 2.22. The fourth-order valence-corrected chi connectivity index (χ4v) is 3.46. The third-order valence-electron chi connectivity index (χ3n) is 4.74. The number of hydrogen-bond donors (Lipinski definition) is 0. The molecule has 1 heterocycles. The molecule has 0 atom stereocenters. The summed E-state index contributed by atoms with van der Waals surface area (Å²) in [6.07, 6.45) is 1.09. The van der Waals surface area contributed by atoms with Gasteiger partial charge in [-0.2, -0.15) is 0 Å². The Bertz CT molecular complexity index is 596. The van der Waals surface area contributed by atoms with Crippen molar-refractivity contribution in [2.75, 3.05) is 54.1 Å². The average Bonchev–Trinajstić information content (AvgIpc) is 2.65. The zero-order valence-corrected chi connectivity index (χ0v) is 16.7. The number of amides is 1. The van der Waals surface area contributed by atoms with E-state index < -0.39 is 0 Å². The van der Waals surface area contributed by atoms with E-state index in [1.54, 1.807) is 21.3 Å². The van der Waals surface area contributed by atoms with E-state index in [1.807, 2.05) is 17.0 Å². The van der Waals surface area contributed by atoms with Gasteiger partial charge in [-0.3, -0.25) is 9.69 Å². The van der Waals surface area contributed by atoms with Crippen LogP contribution in [0.3, 0.4) is 0 Å². The van der Waals surface area contributed by atoms with E-state index in [0.717, 1.165) is 38.3 Å². The minimum Gasteiger partial charge on any atom is -0.493 e. The van der Waals surface area contributed by atoms with Crippen molar-refractivity contribution in [2.24, 2.45) is 5.92 Å². The first-order valence-electron chi connectivity index (χ1n) is 9.28. The summed E-state index contributed by atoms with van der Waals surface area (Å²) in [4.78, 5) is 17.0. The average molecular weight is 364 g/mol. The number of aryl methyl sites for hydroxylation is 1. The van der Waals surface area contributed by atoms with Crippen LogP contribution in [0.5, 0.6) is 17.2 Å². The van der Waals surface area contributed by atoms with Gasteiger partial charge >= 0.3 is 0 Å². The van der Waals surface area contributed by atoms with Crippen LogP contribution in [-0.4, -0.2) is 69.8 Å². The van der Waals surface area contributed by atoms with E-state index in [-0.39, 0.29) is 5.91 Å². The van der Waals surface area contributed by atoms with E-state index in [1.165, 1.54) is 0 Å². The molecule has 6 heteroatoms. The molecule has 1 fully saturated rings. The van der Waals surface area contributed by atoms with Gasteiger partial charge in [-0.25, -0.2) is 0 Å². The highest BCUT2D eigenvalue weighted by Crippen LogP contribution is 2.40. The number of hydrogen-bond acceptors (Lipinski definition) is 5. The summed E-state index contributed by atoms with van der Waals surface area (Å²) in [5, 5.41) is 0. The molecule has 1 aromatic carbocycles. The molecule has 0 bridgehead atoms. The number of methoxy groups -OCH3 is 3. The number of carbonyl (C=O) groups excluding carboxylic acids is 1. The van der Waals surface area contributed by atoms with Gasteiger partial charge in [0.2, 0.25) is 11.7 Å². The molecular formula is C20H32N2O4. The second kappa shape index (κ2) is 9.67. The van der Waals surface area contributed by atoms with Crippen LogP contribution < -0.4 is 14.2 Å². The van der Waals surface area contributed by atoms with Gasteiger partial charge in [-0.15, -0.1) is 0 Å². The van der Waals surface area contributed by atoms with Crippen molar-refractivity contribution < 1.29 is 19.0 Å². The van der Waals surface area contributed by atoms with Crippen LogP contribution in [-0.2, 0) is 11.2 Å². The van der Waals surface area contributed by atoms with Crippen molar-refractivity contribution in [2.45, 2.75) is 26.7 Å². The van der Waals surface area contributed by atoms with Crippen molar-refractivity contribution in [3.63, 3.8) is 0 Å². The number of carbonyl (C=O) groups is 1. The van der Waals surface area contributed by atoms with Crippen molar-refractivity contribution in [1.82, 2.24) is 9.80 Å². The molecule has 0 radical (unpaired) electrons. The molecule has 1 aliphatic heterocycles. The Kier molecular flexibility index (Phi) is 7.57. The van der Waals surface area contributed by atoms with Crippen molar-refractivity contribution in [3.8, 4) is 17.2 Å². The van der Waals surface area contributed by atoms with Crippen LogP contribution in [0, 0.1) is 5.92 Å². The van der Waals surface area contributed by atoms with Crippen LogP contribution in [0.1, 0.15) is 25.8 Å². The van der Waals surface area contributed by atoms with E-state index in [2.05, 4.69) is 18.7 Å². The lowest BCUT2D eigenvalue weighted by Gasteiger charge is -2.35. The molecule has 1 aliphatic rings. The second-order valence-corrected chi connectivity index (χ2v) is 7.07. The lowest BCUT2D eigenvalue weighted by molar-refractivity contribution is -0.132. The maximum absolute atomic E-state index is 12.6. The van der Waals surface area contributed by atoms with Crippen LogP contribution in [0.4, 0.5) is 0 Å². The van der Waals surface area contributed by atoms with Crippen molar-refractivity contribution in [1.29, 1.82) is 0 Å². The number of benzene rings is 1. The Balaban J connectivity index is 1.94. The van der Waals surface area contributed by atoms with Crippen LogP contribution in [0.25, 0.3) is 0 Å². The molecule has 6 nitrogen and oxygen atoms in total. The van der Waals surface area contributed by atoms with Gasteiger partial charge in [0, 0.05) is 39.1 Å². The van der Waals surface area contributed by atoms with Gasteiger partial charge in [0.15, 0.2) is 11.5 Å². The fourth-order valence-electron chi connectivity index (χ4n) is 3.46. The zero-order valence-electron chi connectivity index (χ0n) is 16.7. The molecule has 1 amide bonds. The first kappa shape index (κ1) is 20.4. The van der Waals surface area contributed by atoms with Gasteiger partial charge < -0.3 is 19.1 Å². The standard InChI is InChI=1S/C20H32N2O4/c1-15(2)14-21-10-12-22(13-11-21)18(23)9-7-16-6-8-17(24-3)20(26-5)19(16)25-4/h6,8,15H,7,9-14H2,1-5H3. The van der Waals surface area contributed by atoms with Gasteiger partial charge in [0.1, 0.15) is 0 Å². The number of rotatable bonds is 8. The number of ether oxygens (including phenoxy) is 3. The van der Waals surface area contributed by atoms with E-state index in [9.17, 15) is 4.79 Å². The molecule has 2 rings (SSSR count). The van der Waals surface area contributed by atoms with Crippen LogP contribution in [0.15, 0.2) is 12.1 Å². The van der Waals surface area contributed by atoms with Crippen LogP contribution in [0.2, 0.25) is 0 Å². The summed E-state index contributed by atoms with van der Waals surface area (Å²) < 4.78 is 16.2. The molecule has 0 unspecified atom stereocenters. The topological polar surface area (TPSA) is 51.2 Å². The predicted octanol–water partition coefficient (Wildman–Crippen LogP) is 2.45. The Labute approximate surface area is 157 Å². The molecular weight excluding hydrogens is 332 g/mol. The molecule has 26 heavy (non-hydrogen) atoms. The van der Waals surface area contributed by atoms with Crippen LogP contribution >= 0.6 is 0 Å². The third-order valence-corrected chi connectivity index (χ3v) is 4.74. The predicted molar refractivity (Wildman–Crippen MR) is 102 cm³/mol. The normalized spacial score (nSPS) is 15.2. The summed E-state index contributed by atoms with van der Waals surface area (Å²) in [6.45, 7) is 9.11. The minimum absolute atomic E-state index is 0.200. The first-order valence-corrected chi connectivity index (χ1v) is 9.28. The smallest absolute Gasteiger partial charge is 0.222 e. The van der Waals surface area contributed by atoms with Gasteiger partial charge in [-0.1, -0.05) is 19.9 Å². The molecule has 1 saturated heterocycles. The molecule has 0 aromatic heterocycles. The second-order valence-electron chi connectivity index (χ2n) is 7.07. The Morgan fingerprint density at radius 1 is 1.00 bits per heavy atom. The summed E-state index contributed by atoms with van der Waals surface area (Å²) in [6, 6.07) is 3.79. The van der Waals surface area contributed by atoms with Crippen molar-refractivity contribution >= 4 is 5.91 Å². The summed E-state index contributed by atoms with van der Waals surface area (Å²) in [5.41, 5.74) is 0.956. The highest BCUT2D eigenvalue weighted by atomic mass is 16.5. The van der Waals surface area contributed by atoms with Gasteiger partial charge in [0.05, 0.1) is 21.3 Å². The van der Waals surface area contributed by atoms with E-state index in [4.69, 9.17) is 14.2 Å². The number of piperazine rings is 1. The number of nitrogens with zero attached hydrogens (tertiary/aromatic N) is 2. The third kappa shape index (κ3) is 5.04. The summed E-state index contributed by atoms with van der Waals surface area (Å²) in [7, 11) is 4.79. The Morgan fingerprint density at radius 2 is 1.65 bits per heavy atom. The fraction of sp³-hybridized carbons (Fsp3) is 0.650. The largest absolute Gasteiger partial charge is 0.493 e. The van der Waals surface area contributed by atoms with Crippen molar-refractivity contribution in [3.05, 3.63) is 17.7 Å². The summed E-state index contributed by atoms with van der Waals surface area (Å²) >= 11 is 0. The molecule has 0 spiro atoms. The molecule has 0 saturated carbocycles. The molecule has 0 N–H and O–H groups in total.